The average Bonchev–Trinajstić information content (AvgIpc) is 3.45. The zero-order valence-electron chi connectivity index (χ0n) is 16.2. The Bertz CT molecular complexity index is 761. The topological polar surface area (TPSA) is 81.5 Å². The van der Waals surface area contributed by atoms with Crippen LogP contribution in [0.2, 0.25) is 0 Å². The molecule has 2 aliphatic rings. The van der Waals surface area contributed by atoms with Gasteiger partial charge in [0.15, 0.2) is 5.82 Å². The molecular weight excluding hydrogens is 358 g/mol. The molecule has 1 aromatic heterocycles. The first-order valence-electron chi connectivity index (χ1n) is 9.92. The van der Waals surface area contributed by atoms with Gasteiger partial charge < -0.3 is 24.3 Å². The van der Waals surface area contributed by atoms with E-state index in [4.69, 9.17) is 9.47 Å². The van der Waals surface area contributed by atoms with E-state index in [2.05, 4.69) is 15.5 Å². The largest absolute Gasteiger partial charge is 0.376 e. The van der Waals surface area contributed by atoms with Crippen molar-refractivity contribution < 1.29 is 14.3 Å². The van der Waals surface area contributed by atoms with Crippen LogP contribution >= 0.6 is 0 Å². The lowest BCUT2D eigenvalue weighted by Crippen LogP contribution is -2.44. The summed E-state index contributed by atoms with van der Waals surface area (Å²) in [6.07, 6.45) is 6.02. The Kier molecular flexibility index (Phi) is 5.87. The minimum absolute atomic E-state index is 0.114. The smallest absolute Gasteiger partial charge is 0.322 e. The van der Waals surface area contributed by atoms with Crippen molar-refractivity contribution in [3.05, 3.63) is 30.6 Å². The molecule has 0 saturated carbocycles. The number of hydrogen-bond acceptors (Lipinski definition) is 5. The summed E-state index contributed by atoms with van der Waals surface area (Å²) in [5.74, 6) is 0.788. The first-order chi connectivity index (χ1) is 13.7. The number of aromatic nitrogens is 3. The van der Waals surface area contributed by atoms with Crippen LogP contribution in [0, 0.1) is 0 Å². The third-order valence-corrected chi connectivity index (χ3v) is 5.29. The molecule has 150 valence electrons. The van der Waals surface area contributed by atoms with Crippen molar-refractivity contribution in [1.82, 2.24) is 19.7 Å². The molecular formula is C20H27N5O3. The highest BCUT2D eigenvalue weighted by Gasteiger charge is 2.27. The Labute approximate surface area is 164 Å². The molecule has 4 rings (SSSR count). The number of nitrogens with zero attached hydrogens (tertiary/aromatic N) is 4. The highest BCUT2D eigenvalue weighted by Crippen LogP contribution is 2.21. The quantitative estimate of drug-likeness (QED) is 0.827. The van der Waals surface area contributed by atoms with Crippen molar-refractivity contribution in [2.75, 3.05) is 31.6 Å². The Hall–Kier alpha value is -2.45. The second-order valence-corrected chi connectivity index (χ2v) is 7.45. The van der Waals surface area contributed by atoms with E-state index < -0.39 is 0 Å². The molecule has 8 heteroatoms. The Morgan fingerprint density at radius 1 is 1.14 bits per heavy atom. The van der Waals surface area contributed by atoms with Crippen LogP contribution in [0.5, 0.6) is 0 Å². The van der Waals surface area contributed by atoms with Crippen LogP contribution in [0.3, 0.4) is 0 Å². The van der Waals surface area contributed by atoms with E-state index in [0.717, 1.165) is 56.0 Å². The summed E-state index contributed by atoms with van der Waals surface area (Å²) in [4.78, 5) is 14.8. The molecule has 2 atom stereocenters. The van der Waals surface area contributed by atoms with Gasteiger partial charge in [-0.25, -0.2) is 4.79 Å². The number of benzene rings is 1. The molecule has 28 heavy (non-hydrogen) atoms. The van der Waals surface area contributed by atoms with Gasteiger partial charge in [0.2, 0.25) is 0 Å². The van der Waals surface area contributed by atoms with Gasteiger partial charge in [0.25, 0.3) is 0 Å². The molecule has 2 aromatic rings. The maximum absolute atomic E-state index is 12.9. The van der Waals surface area contributed by atoms with Crippen molar-refractivity contribution in [1.29, 1.82) is 0 Å². The van der Waals surface area contributed by atoms with Crippen molar-refractivity contribution in [3.63, 3.8) is 0 Å². The number of hydrogen-bond donors (Lipinski definition) is 1. The summed E-state index contributed by atoms with van der Waals surface area (Å²) < 4.78 is 13.3. The number of carbonyl (C=O) groups excluding carboxylic acids is 1. The van der Waals surface area contributed by atoms with Gasteiger partial charge >= 0.3 is 6.03 Å². The fraction of sp³-hybridized carbons (Fsp3) is 0.550. The fourth-order valence-electron chi connectivity index (χ4n) is 3.76. The summed E-state index contributed by atoms with van der Waals surface area (Å²) in [5.41, 5.74) is 1.70. The standard InChI is InChI=1S/C20H27N5O3/c1-24-14-21-23-19(24)15-6-8-16(9-7-15)22-20(26)25(12-17-4-2-10-27-17)13-18-5-3-11-28-18/h6-9,14,17-18H,2-5,10-13H2,1H3,(H,22,26)/t17-,18+. The highest BCUT2D eigenvalue weighted by atomic mass is 16.5. The monoisotopic (exact) mass is 385 g/mol. The van der Waals surface area contributed by atoms with E-state index >= 15 is 0 Å². The molecule has 2 fully saturated rings. The van der Waals surface area contributed by atoms with Gasteiger partial charge in [-0.2, -0.15) is 0 Å². The molecule has 0 bridgehead atoms. The number of anilines is 1. The van der Waals surface area contributed by atoms with Crippen LogP contribution in [0.15, 0.2) is 30.6 Å². The van der Waals surface area contributed by atoms with Crippen molar-refractivity contribution in [3.8, 4) is 11.4 Å². The van der Waals surface area contributed by atoms with Crippen LogP contribution in [0.1, 0.15) is 25.7 Å². The van der Waals surface area contributed by atoms with Crippen molar-refractivity contribution in [2.45, 2.75) is 37.9 Å². The zero-order chi connectivity index (χ0) is 19.3. The normalized spacial score (nSPS) is 21.8. The number of ether oxygens (including phenoxy) is 2. The maximum atomic E-state index is 12.9. The SMILES string of the molecule is Cn1cnnc1-c1ccc(NC(=O)N(C[C@H]2CCCO2)C[C@@H]2CCCO2)cc1. The van der Waals surface area contributed by atoms with Crippen LogP contribution in [0.4, 0.5) is 10.5 Å². The molecule has 1 N–H and O–H groups in total. The van der Waals surface area contributed by atoms with E-state index in [1.807, 2.05) is 40.8 Å². The van der Waals surface area contributed by atoms with Gasteiger partial charge in [-0.1, -0.05) is 0 Å². The lowest BCUT2D eigenvalue weighted by atomic mass is 10.2. The first kappa shape index (κ1) is 18.9. The summed E-state index contributed by atoms with van der Waals surface area (Å²) in [6, 6.07) is 7.53. The number of amides is 2. The molecule has 2 amide bonds. The van der Waals surface area contributed by atoms with Crippen LogP contribution in [-0.4, -0.2) is 64.2 Å². The number of urea groups is 1. The van der Waals surface area contributed by atoms with E-state index in [0.29, 0.717) is 13.1 Å². The molecule has 2 aliphatic heterocycles. The van der Waals surface area contributed by atoms with Gasteiger partial charge in [0, 0.05) is 44.6 Å². The van der Waals surface area contributed by atoms with Gasteiger partial charge in [0.05, 0.1) is 12.2 Å². The number of carbonyl (C=O) groups is 1. The second-order valence-electron chi connectivity index (χ2n) is 7.45. The van der Waals surface area contributed by atoms with Crippen LogP contribution in [0.25, 0.3) is 11.4 Å². The van der Waals surface area contributed by atoms with E-state index in [-0.39, 0.29) is 18.2 Å². The molecule has 0 spiro atoms. The molecule has 8 nitrogen and oxygen atoms in total. The lowest BCUT2D eigenvalue weighted by molar-refractivity contribution is 0.0524. The Morgan fingerprint density at radius 2 is 1.79 bits per heavy atom. The summed E-state index contributed by atoms with van der Waals surface area (Å²) >= 11 is 0. The summed E-state index contributed by atoms with van der Waals surface area (Å²) in [5, 5.41) is 11.0. The molecule has 2 saturated heterocycles. The van der Waals surface area contributed by atoms with Gasteiger partial charge in [-0.15, -0.1) is 10.2 Å². The molecule has 0 aliphatic carbocycles. The van der Waals surface area contributed by atoms with Gasteiger partial charge in [-0.05, 0) is 49.9 Å². The number of nitrogens with one attached hydrogen (secondary N) is 1. The Balaban J connectivity index is 1.41. The first-order valence-corrected chi connectivity index (χ1v) is 9.92. The third kappa shape index (κ3) is 4.51. The van der Waals surface area contributed by atoms with Crippen LogP contribution < -0.4 is 5.32 Å². The second kappa shape index (κ2) is 8.70. The minimum Gasteiger partial charge on any atom is -0.376 e. The Morgan fingerprint density at radius 3 is 2.29 bits per heavy atom. The summed E-state index contributed by atoms with van der Waals surface area (Å²) in [6.45, 7) is 2.76. The lowest BCUT2D eigenvalue weighted by Gasteiger charge is -2.28. The molecule has 3 heterocycles. The van der Waals surface area contributed by atoms with Gasteiger partial charge in [-0.3, -0.25) is 0 Å². The van der Waals surface area contributed by atoms with E-state index in [9.17, 15) is 4.79 Å². The highest BCUT2D eigenvalue weighted by molar-refractivity contribution is 5.89. The third-order valence-electron chi connectivity index (χ3n) is 5.29. The number of rotatable bonds is 6. The predicted molar refractivity (Wildman–Crippen MR) is 105 cm³/mol. The maximum Gasteiger partial charge on any atom is 0.322 e. The van der Waals surface area contributed by atoms with E-state index in [1.54, 1.807) is 6.33 Å². The fourth-order valence-corrected chi connectivity index (χ4v) is 3.76. The van der Waals surface area contributed by atoms with Crippen molar-refractivity contribution >= 4 is 11.7 Å². The zero-order valence-corrected chi connectivity index (χ0v) is 16.2. The van der Waals surface area contributed by atoms with E-state index in [1.165, 1.54) is 0 Å². The average molecular weight is 385 g/mol. The minimum atomic E-state index is -0.114. The molecule has 1 aromatic carbocycles. The molecule has 0 radical (unpaired) electrons. The summed E-state index contributed by atoms with van der Waals surface area (Å²) in [7, 11) is 1.90. The molecule has 0 unspecified atom stereocenters. The van der Waals surface area contributed by atoms with Crippen molar-refractivity contribution in [2.24, 2.45) is 7.05 Å². The van der Waals surface area contributed by atoms with Crippen LogP contribution in [-0.2, 0) is 16.5 Å². The predicted octanol–water partition coefficient (Wildman–Crippen LogP) is 2.67. The number of aryl methyl sites for hydroxylation is 1. The van der Waals surface area contributed by atoms with Gasteiger partial charge in [0.1, 0.15) is 6.33 Å².